The first kappa shape index (κ1) is 18.9. The summed E-state index contributed by atoms with van der Waals surface area (Å²) in [6.45, 7) is 8.02. The molecular weight excluding hydrogens is 324 g/mol. The molecule has 6 heteroatoms. The monoisotopic (exact) mass is 352 g/mol. The molecule has 1 aromatic rings. The lowest BCUT2D eigenvalue weighted by molar-refractivity contribution is 0.0636. The Labute approximate surface area is 148 Å². The van der Waals surface area contributed by atoms with E-state index in [1.165, 1.54) is 12.8 Å². The fourth-order valence-electron chi connectivity index (χ4n) is 2.21. The van der Waals surface area contributed by atoms with E-state index in [0.29, 0.717) is 17.0 Å². The van der Waals surface area contributed by atoms with Crippen molar-refractivity contribution in [3.63, 3.8) is 0 Å². The van der Waals surface area contributed by atoms with Crippen LogP contribution in [0.4, 0.5) is 10.5 Å². The molecular formula is C18H28N2O3S. The minimum Gasteiger partial charge on any atom is -0.492 e. The van der Waals surface area contributed by atoms with E-state index >= 15 is 0 Å². The van der Waals surface area contributed by atoms with Gasteiger partial charge in [0.1, 0.15) is 18.0 Å². The third kappa shape index (κ3) is 6.61. The second-order valence-corrected chi connectivity index (χ2v) is 8.34. The van der Waals surface area contributed by atoms with Crippen LogP contribution in [-0.2, 0) is 4.74 Å². The second-order valence-electron chi connectivity index (χ2n) is 7.06. The fourth-order valence-corrected chi connectivity index (χ4v) is 2.96. The molecule has 2 N–H and O–H groups in total. The van der Waals surface area contributed by atoms with Gasteiger partial charge in [-0.05, 0) is 64.1 Å². The molecule has 24 heavy (non-hydrogen) atoms. The molecule has 0 saturated heterocycles. The van der Waals surface area contributed by atoms with Crippen molar-refractivity contribution < 1.29 is 14.3 Å². The molecule has 0 aromatic heterocycles. The third-order valence-corrected chi connectivity index (χ3v) is 5.15. The van der Waals surface area contributed by atoms with Crippen LogP contribution >= 0.6 is 11.8 Å². The van der Waals surface area contributed by atoms with Crippen LogP contribution in [0.15, 0.2) is 24.3 Å². The summed E-state index contributed by atoms with van der Waals surface area (Å²) in [5, 5.41) is 6.15. The highest BCUT2D eigenvalue weighted by Crippen LogP contribution is 2.46. The Balaban J connectivity index is 1.65. The van der Waals surface area contributed by atoms with Gasteiger partial charge in [-0.25, -0.2) is 4.79 Å². The number of rotatable bonds is 8. The molecule has 1 aromatic carbocycles. The number of amides is 1. The number of anilines is 1. The van der Waals surface area contributed by atoms with Crippen molar-refractivity contribution in [2.45, 2.75) is 44.0 Å². The largest absolute Gasteiger partial charge is 0.492 e. The van der Waals surface area contributed by atoms with E-state index in [2.05, 4.69) is 16.9 Å². The van der Waals surface area contributed by atoms with Gasteiger partial charge in [0.2, 0.25) is 0 Å². The lowest BCUT2D eigenvalue weighted by Gasteiger charge is -2.19. The average Bonchev–Trinajstić information content (AvgIpc) is 3.27. The lowest BCUT2D eigenvalue weighted by Crippen LogP contribution is -2.29. The first-order chi connectivity index (χ1) is 11.3. The van der Waals surface area contributed by atoms with Crippen LogP contribution in [0, 0.1) is 0 Å². The van der Waals surface area contributed by atoms with Crippen molar-refractivity contribution in [3.8, 4) is 5.75 Å². The van der Waals surface area contributed by atoms with Crippen LogP contribution < -0.4 is 15.4 Å². The summed E-state index contributed by atoms with van der Waals surface area (Å²) >= 11 is 1.95. The van der Waals surface area contributed by atoms with Gasteiger partial charge in [0.15, 0.2) is 0 Å². The van der Waals surface area contributed by atoms with Crippen molar-refractivity contribution in [3.05, 3.63) is 24.3 Å². The van der Waals surface area contributed by atoms with Gasteiger partial charge in [-0.2, -0.15) is 11.8 Å². The summed E-state index contributed by atoms with van der Waals surface area (Å²) in [4.78, 5) is 11.7. The van der Waals surface area contributed by atoms with Crippen LogP contribution in [0.2, 0.25) is 0 Å². The quantitative estimate of drug-likeness (QED) is 0.695. The Hall–Kier alpha value is -1.40. The molecule has 0 bridgehead atoms. The molecule has 0 heterocycles. The molecule has 0 atom stereocenters. The summed E-state index contributed by atoms with van der Waals surface area (Å²) < 4.78 is 11.4. The third-order valence-electron chi connectivity index (χ3n) is 3.74. The number of benzene rings is 1. The Bertz CT molecular complexity index is 536. The predicted octanol–water partition coefficient (Wildman–Crippen LogP) is 3.90. The molecule has 5 nitrogen and oxygen atoms in total. The number of carbonyl (C=O) groups is 1. The SMILES string of the molecule is CSC1(CNCCOc2ccc(NC(=O)OC(C)(C)C)cc2)CC1. The predicted molar refractivity (Wildman–Crippen MR) is 100 cm³/mol. The van der Waals surface area contributed by atoms with Crippen molar-refractivity contribution >= 4 is 23.5 Å². The molecule has 2 rings (SSSR count). The van der Waals surface area contributed by atoms with Gasteiger partial charge in [-0.1, -0.05) is 0 Å². The zero-order valence-electron chi connectivity index (χ0n) is 15.0. The molecule has 1 amide bonds. The Morgan fingerprint density at radius 1 is 1.25 bits per heavy atom. The van der Waals surface area contributed by atoms with Crippen LogP contribution in [0.5, 0.6) is 5.75 Å². The van der Waals surface area contributed by atoms with E-state index in [0.717, 1.165) is 18.8 Å². The molecule has 0 radical (unpaired) electrons. The zero-order chi connectivity index (χ0) is 17.6. The second kappa shape index (κ2) is 8.12. The van der Waals surface area contributed by atoms with Crippen LogP contribution in [0.1, 0.15) is 33.6 Å². The van der Waals surface area contributed by atoms with E-state index < -0.39 is 11.7 Å². The topological polar surface area (TPSA) is 59.6 Å². The Morgan fingerprint density at radius 3 is 2.46 bits per heavy atom. The minimum atomic E-state index is -0.505. The first-order valence-electron chi connectivity index (χ1n) is 8.31. The number of ether oxygens (including phenoxy) is 2. The van der Waals surface area contributed by atoms with E-state index in [4.69, 9.17) is 9.47 Å². The van der Waals surface area contributed by atoms with E-state index in [-0.39, 0.29) is 0 Å². The van der Waals surface area contributed by atoms with Gasteiger partial charge in [0.05, 0.1) is 0 Å². The van der Waals surface area contributed by atoms with E-state index in [9.17, 15) is 4.79 Å². The standard InChI is InChI=1S/C18H28N2O3S/c1-17(2,3)23-16(21)20-14-5-7-15(8-6-14)22-12-11-19-13-18(24-4)9-10-18/h5-8,19H,9-13H2,1-4H3,(H,20,21). The minimum absolute atomic E-state index is 0.455. The molecule has 1 aliphatic carbocycles. The summed E-state index contributed by atoms with van der Waals surface area (Å²) in [6.07, 6.45) is 4.35. The molecule has 0 aliphatic heterocycles. The van der Waals surface area contributed by atoms with Crippen LogP contribution in [-0.4, -0.2) is 42.4 Å². The smallest absolute Gasteiger partial charge is 0.412 e. The van der Waals surface area contributed by atoms with Gasteiger partial charge in [0.25, 0.3) is 0 Å². The Kier molecular flexibility index (Phi) is 6.40. The number of hydrogen-bond donors (Lipinski definition) is 2. The average molecular weight is 353 g/mol. The first-order valence-corrected chi connectivity index (χ1v) is 9.53. The highest BCUT2D eigenvalue weighted by molar-refractivity contribution is 8.00. The number of carbonyl (C=O) groups excluding carboxylic acids is 1. The maximum absolute atomic E-state index is 11.7. The van der Waals surface area contributed by atoms with Gasteiger partial charge in [-0.3, -0.25) is 5.32 Å². The number of hydrogen-bond acceptors (Lipinski definition) is 5. The van der Waals surface area contributed by atoms with Gasteiger partial charge >= 0.3 is 6.09 Å². The molecule has 0 unspecified atom stereocenters. The Morgan fingerprint density at radius 2 is 1.92 bits per heavy atom. The summed E-state index contributed by atoms with van der Waals surface area (Å²) in [7, 11) is 0. The van der Waals surface area contributed by atoms with Crippen molar-refractivity contribution in [2.24, 2.45) is 0 Å². The highest BCUT2D eigenvalue weighted by Gasteiger charge is 2.41. The molecule has 0 spiro atoms. The molecule has 134 valence electrons. The van der Waals surface area contributed by atoms with Gasteiger partial charge in [0, 0.05) is 23.5 Å². The lowest BCUT2D eigenvalue weighted by atomic mass is 10.2. The summed E-state index contributed by atoms with van der Waals surface area (Å²) in [5.41, 5.74) is 0.181. The normalized spacial score (nSPS) is 15.7. The van der Waals surface area contributed by atoms with Crippen LogP contribution in [0.3, 0.4) is 0 Å². The maximum Gasteiger partial charge on any atom is 0.412 e. The summed E-state index contributed by atoms with van der Waals surface area (Å²) in [5.74, 6) is 0.789. The van der Waals surface area contributed by atoms with E-state index in [1.807, 2.05) is 44.7 Å². The number of thioether (sulfide) groups is 1. The van der Waals surface area contributed by atoms with Gasteiger partial charge in [-0.15, -0.1) is 0 Å². The maximum atomic E-state index is 11.7. The zero-order valence-corrected chi connectivity index (χ0v) is 15.8. The van der Waals surface area contributed by atoms with Crippen molar-refractivity contribution in [2.75, 3.05) is 31.3 Å². The number of nitrogens with one attached hydrogen (secondary N) is 2. The van der Waals surface area contributed by atoms with E-state index in [1.54, 1.807) is 12.1 Å². The van der Waals surface area contributed by atoms with Gasteiger partial charge < -0.3 is 14.8 Å². The molecule has 1 saturated carbocycles. The fraction of sp³-hybridized carbons (Fsp3) is 0.611. The van der Waals surface area contributed by atoms with Crippen LogP contribution in [0.25, 0.3) is 0 Å². The molecule has 1 aliphatic rings. The molecule has 1 fully saturated rings. The van der Waals surface area contributed by atoms with Crippen molar-refractivity contribution in [1.82, 2.24) is 5.32 Å². The summed E-state index contributed by atoms with van der Waals surface area (Å²) in [6, 6.07) is 7.30. The van der Waals surface area contributed by atoms with Crippen molar-refractivity contribution in [1.29, 1.82) is 0 Å². The highest BCUT2D eigenvalue weighted by atomic mass is 32.2.